The predicted octanol–water partition coefficient (Wildman–Crippen LogP) is -0.406. The van der Waals surface area contributed by atoms with Gasteiger partial charge in [-0.05, 0) is 0 Å². The summed E-state index contributed by atoms with van der Waals surface area (Å²) in [6.07, 6.45) is 0. The highest BCUT2D eigenvalue weighted by molar-refractivity contribution is 7.78. The molecule has 0 aromatic rings. The zero-order chi connectivity index (χ0) is 5.70. The highest BCUT2D eigenvalue weighted by Gasteiger charge is 1.92. The molecule has 0 saturated carbocycles. The molecule has 0 aromatic heterocycles. The molecule has 4 heteroatoms. The van der Waals surface area contributed by atoms with Gasteiger partial charge in [0.25, 0.3) is 0 Å². The predicted molar refractivity (Wildman–Crippen MR) is 29.0 cm³/mol. The van der Waals surface area contributed by atoms with Crippen molar-refractivity contribution in [3.05, 3.63) is 0 Å². The number of nitrogens with one attached hydrogen (secondary N) is 1. The Bertz CT molecular complexity index is 66.0. The van der Waals surface area contributed by atoms with Crippen molar-refractivity contribution in [2.24, 2.45) is 0 Å². The third kappa shape index (κ3) is 3.61. The van der Waals surface area contributed by atoms with E-state index in [1.165, 1.54) is 7.11 Å². The molecule has 0 unspecified atom stereocenters. The van der Waals surface area contributed by atoms with E-state index >= 15 is 0 Å². The smallest absolute Gasteiger partial charge is 0.320 e. The number of hydrogen-bond acceptors (Lipinski definition) is 4. The van der Waals surface area contributed by atoms with Gasteiger partial charge in [-0.3, -0.25) is 9.52 Å². The van der Waals surface area contributed by atoms with E-state index in [2.05, 4.69) is 22.3 Å². The second-order valence-corrected chi connectivity index (χ2v) is 1.23. The summed E-state index contributed by atoms with van der Waals surface area (Å²) in [5.74, 6) is -0.310. The van der Waals surface area contributed by atoms with Crippen molar-refractivity contribution >= 4 is 18.8 Å². The Morgan fingerprint density at radius 2 is 2.57 bits per heavy atom. The van der Waals surface area contributed by atoms with E-state index in [0.29, 0.717) is 0 Å². The Balaban J connectivity index is 3.00. The molecule has 0 aliphatic rings. The monoisotopic (exact) mass is 121 g/mol. The summed E-state index contributed by atoms with van der Waals surface area (Å²) in [4.78, 5) is 10.1. The van der Waals surface area contributed by atoms with Crippen LogP contribution in [0.15, 0.2) is 0 Å². The molecule has 0 radical (unpaired) electrons. The van der Waals surface area contributed by atoms with Gasteiger partial charge in [0.1, 0.15) is 6.54 Å². The maximum Gasteiger partial charge on any atom is 0.320 e. The second-order valence-electron chi connectivity index (χ2n) is 0.911. The van der Waals surface area contributed by atoms with Gasteiger partial charge in [0.05, 0.1) is 7.11 Å². The fourth-order valence-corrected chi connectivity index (χ4v) is 0.266. The lowest BCUT2D eigenvalue weighted by Gasteiger charge is -1.92. The molecule has 42 valence electrons. The van der Waals surface area contributed by atoms with Gasteiger partial charge in [0.15, 0.2) is 0 Å². The van der Waals surface area contributed by atoms with Crippen LogP contribution < -0.4 is 4.72 Å². The minimum atomic E-state index is -0.310. The Kier molecular flexibility index (Phi) is 3.83. The largest absolute Gasteiger partial charge is 0.468 e. The van der Waals surface area contributed by atoms with Gasteiger partial charge in [-0.25, -0.2) is 0 Å². The summed E-state index contributed by atoms with van der Waals surface area (Å²) in [6.45, 7) is 0.152. The molecule has 0 fully saturated rings. The van der Waals surface area contributed by atoms with Crippen LogP contribution in [0.5, 0.6) is 0 Å². The lowest BCUT2D eigenvalue weighted by Crippen LogP contribution is -2.15. The molecule has 0 rings (SSSR count). The third-order valence-corrected chi connectivity index (χ3v) is 0.609. The SMILES string of the molecule is COC(=O)CNS. The number of ether oxygens (including phenoxy) is 1. The number of rotatable bonds is 2. The van der Waals surface area contributed by atoms with Crippen molar-refractivity contribution in [1.82, 2.24) is 4.72 Å². The third-order valence-electron chi connectivity index (χ3n) is 0.451. The Hall–Kier alpha value is -0.220. The van der Waals surface area contributed by atoms with E-state index in [1.54, 1.807) is 0 Å². The van der Waals surface area contributed by atoms with Gasteiger partial charge in [-0.15, -0.1) is 0 Å². The van der Waals surface area contributed by atoms with E-state index in [-0.39, 0.29) is 12.5 Å². The molecule has 0 amide bonds. The molecule has 0 aliphatic carbocycles. The van der Waals surface area contributed by atoms with Gasteiger partial charge >= 0.3 is 5.97 Å². The van der Waals surface area contributed by atoms with Crippen molar-refractivity contribution < 1.29 is 9.53 Å². The fourth-order valence-electron chi connectivity index (χ4n) is 0.137. The summed E-state index contributed by atoms with van der Waals surface area (Å²) in [7, 11) is 1.33. The van der Waals surface area contributed by atoms with Crippen molar-refractivity contribution in [2.45, 2.75) is 0 Å². The first-order valence-electron chi connectivity index (χ1n) is 1.75. The highest BCUT2D eigenvalue weighted by atomic mass is 32.1. The Labute approximate surface area is 47.6 Å². The van der Waals surface area contributed by atoms with Crippen LogP contribution >= 0.6 is 12.8 Å². The number of hydrogen-bond donors (Lipinski definition) is 2. The van der Waals surface area contributed by atoms with Crippen LogP contribution in [0.1, 0.15) is 0 Å². The van der Waals surface area contributed by atoms with E-state index in [9.17, 15) is 4.79 Å². The highest BCUT2D eigenvalue weighted by Crippen LogP contribution is 1.68. The van der Waals surface area contributed by atoms with Crippen molar-refractivity contribution in [3.8, 4) is 0 Å². The first-order chi connectivity index (χ1) is 3.31. The van der Waals surface area contributed by atoms with E-state index < -0.39 is 0 Å². The van der Waals surface area contributed by atoms with Crippen LogP contribution in [0.2, 0.25) is 0 Å². The van der Waals surface area contributed by atoms with Crippen LogP contribution in [-0.4, -0.2) is 19.6 Å². The number of thiol groups is 1. The normalized spacial score (nSPS) is 8.29. The number of carbonyl (C=O) groups excluding carboxylic acids is 1. The van der Waals surface area contributed by atoms with Crippen molar-refractivity contribution in [2.75, 3.05) is 13.7 Å². The maximum absolute atomic E-state index is 10.1. The first-order valence-corrected chi connectivity index (χ1v) is 2.19. The second kappa shape index (κ2) is 3.95. The minimum absolute atomic E-state index is 0.152. The Morgan fingerprint density at radius 3 is 2.71 bits per heavy atom. The van der Waals surface area contributed by atoms with E-state index in [4.69, 9.17) is 0 Å². The minimum Gasteiger partial charge on any atom is -0.468 e. The number of carbonyl (C=O) groups is 1. The van der Waals surface area contributed by atoms with Gasteiger partial charge in [-0.1, -0.05) is 12.8 Å². The lowest BCUT2D eigenvalue weighted by molar-refractivity contribution is -0.139. The van der Waals surface area contributed by atoms with Crippen molar-refractivity contribution in [1.29, 1.82) is 0 Å². The zero-order valence-corrected chi connectivity index (χ0v) is 4.87. The van der Waals surface area contributed by atoms with E-state index in [1.807, 2.05) is 0 Å². The van der Waals surface area contributed by atoms with Crippen LogP contribution in [0.4, 0.5) is 0 Å². The number of methoxy groups -OCH3 is 1. The van der Waals surface area contributed by atoms with Crippen LogP contribution in [0, 0.1) is 0 Å². The van der Waals surface area contributed by atoms with E-state index in [0.717, 1.165) is 0 Å². The van der Waals surface area contributed by atoms with Crippen molar-refractivity contribution in [3.63, 3.8) is 0 Å². The molecular weight excluding hydrogens is 114 g/mol. The zero-order valence-electron chi connectivity index (χ0n) is 3.97. The molecule has 1 N–H and O–H groups in total. The molecule has 0 saturated heterocycles. The van der Waals surface area contributed by atoms with Gasteiger partial charge in [-0.2, -0.15) is 0 Å². The maximum atomic E-state index is 10.1. The topological polar surface area (TPSA) is 38.3 Å². The summed E-state index contributed by atoms with van der Waals surface area (Å²) >= 11 is 3.56. The summed E-state index contributed by atoms with van der Waals surface area (Å²) in [5, 5.41) is 0. The molecule has 7 heavy (non-hydrogen) atoms. The summed E-state index contributed by atoms with van der Waals surface area (Å²) in [6, 6.07) is 0. The molecule has 3 nitrogen and oxygen atoms in total. The molecular formula is C3H7NO2S. The molecule has 0 spiro atoms. The average molecular weight is 121 g/mol. The molecule has 0 aliphatic heterocycles. The first kappa shape index (κ1) is 6.78. The molecule has 0 atom stereocenters. The lowest BCUT2D eigenvalue weighted by atomic mass is 10.7. The molecule has 0 bridgehead atoms. The standard InChI is InChI=1S/C3H7NO2S/c1-6-3(5)2-4-7/h4,7H,2H2,1H3. The van der Waals surface area contributed by atoms with Gasteiger partial charge in [0, 0.05) is 0 Å². The van der Waals surface area contributed by atoms with Gasteiger partial charge in [0.2, 0.25) is 0 Å². The number of esters is 1. The van der Waals surface area contributed by atoms with Crippen LogP contribution in [0.25, 0.3) is 0 Å². The molecule has 0 heterocycles. The van der Waals surface area contributed by atoms with Crippen LogP contribution in [-0.2, 0) is 9.53 Å². The summed E-state index contributed by atoms with van der Waals surface area (Å²) in [5.41, 5.74) is 0. The quantitative estimate of drug-likeness (QED) is 0.385. The van der Waals surface area contributed by atoms with Crippen LogP contribution in [0.3, 0.4) is 0 Å². The molecule has 0 aromatic carbocycles. The average Bonchev–Trinajstić information content (AvgIpc) is 1.68. The Morgan fingerprint density at radius 1 is 2.00 bits per heavy atom. The summed E-state index contributed by atoms with van der Waals surface area (Å²) < 4.78 is 6.58. The fraction of sp³-hybridized carbons (Fsp3) is 0.667. The van der Waals surface area contributed by atoms with Gasteiger partial charge < -0.3 is 4.74 Å².